The van der Waals surface area contributed by atoms with Gasteiger partial charge in [0, 0.05) is 0 Å². The molecule has 0 bridgehead atoms. The van der Waals surface area contributed by atoms with Gasteiger partial charge >= 0.3 is 5.97 Å². The van der Waals surface area contributed by atoms with Gasteiger partial charge in [-0.15, -0.1) is 0 Å². The lowest BCUT2D eigenvalue weighted by Gasteiger charge is -2.40. The van der Waals surface area contributed by atoms with Crippen LogP contribution in [0.2, 0.25) is 0 Å². The van der Waals surface area contributed by atoms with Crippen LogP contribution in [0.1, 0.15) is 48.0 Å². The van der Waals surface area contributed by atoms with Crippen LogP contribution in [-0.4, -0.2) is 17.5 Å². The number of carbonyl (C=O) groups is 2. The monoisotopic (exact) mass is 309 g/mol. The van der Waals surface area contributed by atoms with Gasteiger partial charge in [-0.1, -0.05) is 6.42 Å². The number of amides is 1. The molecule has 1 fully saturated rings. The van der Waals surface area contributed by atoms with E-state index in [-0.39, 0.29) is 5.91 Å². The summed E-state index contributed by atoms with van der Waals surface area (Å²) in [6, 6.07) is 3.29. The summed E-state index contributed by atoms with van der Waals surface area (Å²) < 4.78 is 10.2. The van der Waals surface area contributed by atoms with E-state index < -0.39 is 11.6 Å². The highest BCUT2D eigenvalue weighted by molar-refractivity contribution is 6.16. The summed E-state index contributed by atoms with van der Waals surface area (Å²) in [5, 5.41) is 2.85. The fourth-order valence-electron chi connectivity index (χ4n) is 3.07. The number of nitrogens with one attached hydrogen (secondary N) is 1. The highest BCUT2D eigenvalue weighted by Crippen LogP contribution is 2.42. The second-order valence-electron chi connectivity index (χ2n) is 5.64. The minimum absolute atomic E-state index is 0.135. The predicted octanol–water partition coefficient (Wildman–Crippen LogP) is 3.34. The maximum Gasteiger partial charge on any atom is 0.356 e. The fraction of sp³-hybridized carbons (Fsp3) is 0.467. The molecule has 0 radical (unpaired) electrons. The van der Waals surface area contributed by atoms with Crippen LogP contribution in [-0.2, 0) is 9.08 Å². The zero-order valence-electron chi connectivity index (χ0n) is 11.7. The molecule has 21 heavy (non-hydrogen) atoms. The number of aryl methyl sites for hydroxylation is 1. The topological polar surface area (TPSA) is 64.6 Å². The number of halogens is 1. The predicted molar refractivity (Wildman–Crippen MR) is 77.5 cm³/mol. The van der Waals surface area contributed by atoms with Crippen molar-refractivity contribution in [2.24, 2.45) is 0 Å². The van der Waals surface area contributed by atoms with Crippen molar-refractivity contribution in [3.63, 3.8) is 0 Å². The van der Waals surface area contributed by atoms with Crippen LogP contribution in [0.25, 0.3) is 0 Å². The first kappa shape index (κ1) is 14.2. The number of rotatable bonds is 1. The molecule has 1 spiro atoms. The van der Waals surface area contributed by atoms with Gasteiger partial charge in [-0.25, -0.2) is 4.79 Å². The Morgan fingerprint density at radius 2 is 2.05 bits per heavy atom. The average molecular weight is 310 g/mol. The van der Waals surface area contributed by atoms with Gasteiger partial charge in [0.2, 0.25) is 0 Å². The normalized spacial score (nSPS) is 19.4. The maximum atomic E-state index is 12.4. The zero-order valence-corrected chi connectivity index (χ0v) is 12.5. The molecule has 1 aliphatic heterocycles. The number of carbonyl (C=O) groups excluding carboxylic acids is 2. The molecule has 1 N–H and O–H groups in total. The Kier molecular flexibility index (Phi) is 3.53. The van der Waals surface area contributed by atoms with Crippen LogP contribution in [0.4, 0.5) is 5.69 Å². The van der Waals surface area contributed by atoms with E-state index in [0.29, 0.717) is 22.6 Å². The second kappa shape index (κ2) is 5.22. The summed E-state index contributed by atoms with van der Waals surface area (Å²) in [6.07, 6.45) is 4.55. The Balaban J connectivity index is 1.98. The molecule has 1 aromatic carbocycles. The Bertz CT molecular complexity index is 608. The number of hydrogen-bond donors (Lipinski definition) is 1. The summed E-state index contributed by atoms with van der Waals surface area (Å²) >= 11 is 5.12. The van der Waals surface area contributed by atoms with Gasteiger partial charge in [-0.2, -0.15) is 0 Å². The minimum atomic E-state index is -0.758. The van der Waals surface area contributed by atoms with Gasteiger partial charge in [-0.05, 0) is 50.3 Å². The summed E-state index contributed by atoms with van der Waals surface area (Å²) in [5.74, 6) is -0.187. The number of hydrogen-bond acceptors (Lipinski definition) is 4. The van der Waals surface area contributed by atoms with Crippen molar-refractivity contribution in [1.29, 1.82) is 0 Å². The Morgan fingerprint density at radius 3 is 2.71 bits per heavy atom. The first-order valence-corrected chi connectivity index (χ1v) is 7.35. The van der Waals surface area contributed by atoms with E-state index in [1.807, 2.05) is 0 Å². The van der Waals surface area contributed by atoms with E-state index in [1.165, 1.54) is 0 Å². The molecular weight excluding hydrogens is 294 g/mol. The van der Waals surface area contributed by atoms with E-state index in [0.717, 1.165) is 32.1 Å². The van der Waals surface area contributed by atoms with Crippen molar-refractivity contribution in [2.75, 3.05) is 5.32 Å². The van der Waals surface area contributed by atoms with Gasteiger partial charge in [0.25, 0.3) is 5.91 Å². The standard InChI is InChI=1S/C15H16ClNO4/c1-9-7-12-11(8-10(9)13(18)21-16)17-14(19)15(20-12)5-3-2-4-6-15/h7-8H,2-6H2,1H3,(H,17,19). The van der Waals surface area contributed by atoms with Gasteiger partial charge in [-0.3, -0.25) is 4.79 Å². The number of ether oxygens (including phenoxy) is 1. The third-order valence-electron chi connectivity index (χ3n) is 4.25. The molecule has 1 aliphatic carbocycles. The number of benzene rings is 1. The lowest BCUT2D eigenvalue weighted by molar-refractivity contribution is -0.135. The number of fused-ring (bicyclic) bond motifs is 1. The molecule has 6 heteroatoms. The quantitative estimate of drug-likeness (QED) is 0.864. The third kappa shape index (κ3) is 2.35. The summed E-state index contributed by atoms with van der Waals surface area (Å²) in [7, 11) is 0. The molecule has 5 nitrogen and oxygen atoms in total. The molecule has 1 heterocycles. The SMILES string of the molecule is Cc1cc2c(cc1C(=O)OCl)NC(=O)C1(CCCCC1)O2. The van der Waals surface area contributed by atoms with Crippen LogP contribution in [0.5, 0.6) is 5.75 Å². The van der Waals surface area contributed by atoms with Crippen molar-refractivity contribution in [3.05, 3.63) is 23.3 Å². The van der Waals surface area contributed by atoms with E-state index >= 15 is 0 Å². The van der Waals surface area contributed by atoms with E-state index in [9.17, 15) is 9.59 Å². The van der Waals surface area contributed by atoms with Crippen molar-refractivity contribution in [1.82, 2.24) is 0 Å². The molecule has 0 atom stereocenters. The fourth-order valence-corrected chi connectivity index (χ4v) is 3.15. The zero-order chi connectivity index (χ0) is 15.0. The van der Waals surface area contributed by atoms with Gasteiger partial charge < -0.3 is 14.3 Å². The van der Waals surface area contributed by atoms with Crippen molar-refractivity contribution >= 4 is 29.4 Å². The third-order valence-corrected chi connectivity index (χ3v) is 4.39. The smallest absolute Gasteiger partial charge is 0.356 e. The summed E-state index contributed by atoms with van der Waals surface area (Å²) in [6.45, 7) is 1.77. The summed E-state index contributed by atoms with van der Waals surface area (Å²) in [4.78, 5) is 24.0. The Hall–Kier alpha value is -1.75. The van der Waals surface area contributed by atoms with Gasteiger partial charge in [0.05, 0.1) is 11.3 Å². The average Bonchev–Trinajstić information content (AvgIpc) is 2.49. The molecule has 0 unspecified atom stereocenters. The van der Waals surface area contributed by atoms with Crippen molar-refractivity contribution in [2.45, 2.75) is 44.6 Å². The van der Waals surface area contributed by atoms with Crippen LogP contribution in [0.15, 0.2) is 12.1 Å². The molecule has 0 saturated heterocycles. The molecule has 3 rings (SSSR count). The molecule has 0 aromatic heterocycles. The van der Waals surface area contributed by atoms with Crippen LogP contribution < -0.4 is 10.1 Å². The maximum absolute atomic E-state index is 12.4. The first-order chi connectivity index (χ1) is 10.1. The van der Waals surface area contributed by atoms with E-state index in [1.54, 1.807) is 19.1 Å². The Labute approximate surface area is 127 Å². The molecular formula is C15H16ClNO4. The van der Waals surface area contributed by atoms with Crippen LogP contribution in [0.3, 0.4) is 0 Å². The largest absolute Gasteiger partial charge is 0.475 e. The second-order valence-corrected chi connectivity index (χ2v) is 5.79. The van der Waals surface area contributed by atoms with Crippen LogP contribution in [0, 0.1) is 6.92 Å². The molecule has 1 saturated carbocycles. The first-order valence-electron chi connectivity index (χ1n) is 7.04. The molecule has 1 aromatic rings. The van der Waals surface area contributed by atoms with Crippen molar-refractivity contribution < 1.29 is 18.6 Å². The highest BCUT2D eigenvalue weighted by Gasteiger charge is 2.45. The Morgan fingerprint density at radius 1 is 1.33 bits per heavy atom. The summed E-state index contributed by atoms with van der Waals surface area (Å²) in [5.41, 5.74) is 0.735. The van der Waals surface area contributed by atoms with E-state index in [4.69, 9.17) is 16.6 Å². The lowest BCUT2D eigenvalue weighted by atomic mass is 9.83. The number of anilines is 1. The van der Waals surface area contributed by atoms with Crippen molar-refractivity contribution in [3.8, 4) is 5.75 Å². The minimum Gasteiger partial charge on any atom is -0.475 e. The highest BCUT2D eigenvalue weighted by atomic mass is 35.5. The van der Waals surface area contributed by atoms with E-state index in [2.05, 4.69) is 9.61 Å². The molecule has 112 valence electrons. The molecule has 1 amide bonds. The molecule has 2 aliphatic rings. The lowest BCUT2D eigenvalue weighted by Crippen LogP contribution is -2.52. The van der Waals surface area contributed by atoms with Crippen LogP contribution >= 0.6 is 11.9 Å². The van der Waals surface area contributed by atoms with Gasteiger partial charge in [0.1, 0.15) is 17.6 Å². The van der Waals surface area contributed by atoms with Gasteiger partial charge in [0.15, 0.2) is 5.60 Å².